The monoisotopic (exact) mass is 293 g/mol. The Labute approximate surface area is 109 Å². The van der Waals surface area contributed by atoms with Crippen LogP contribution in [0, 0.1) is 0 Å². The van der Waals surface area contributed by atoms with Crippen LogP contribution in [0.15, 0.2) is 17.1 Å². The van der Waals surface area contributed by atoms with Gasteiger partial charge in [-0.1, -0.05) is 0 Å². The third kappa shape index (κ3) is 5.09. The summed E-state index contributed by atoms with van der Waals surface area (Å²) in [6.07, 6.45) is -0.164. The summed E-state index contributed by atoms with van der Waals surface area (Å²) in [5.74, 6) is 0.0920. The Morgan fingerprint density at radius 3 is 2.84 bits per heavy atom. The summed E-state index contributed by atoms with van der Waals surface area (Å²) < 4.78 is 21.4. The second-order valence-electron chi connectivity index (χ2n) is 3.66. The summed E-state index contributed by atoms with van der Waals surface area (Å²) in [4.78, 5) is 23.6. The minimum Gasteiger partial charge on any atom is -0.394 e. The van der Waals surface area contributed by atoms with Gasteiger partial charge in [-0.3, -0.25) is 9.13 Å². The standard InChI is InChI=1S/C9H16N3O6P/c1-6(12-3-2-8(10)11-9(12)14)18-7(4-13)5-17-19(15)16/h2-3,6-7,13,19H,4-5H2,1H3,(H,15,16)(H2,10,11,14)/t6-,7-/m1/s1. The van der Waals surface area contributed by atoms with Crippen LogP contribution in [0.4, 0.5) is 5.82 Å². The van der Waals surface area contributed by atoms with Crippen molar-refractivity contribution in [3.8, 4) is 0 Å². The van der Waals surface area contributed by atoms with E-state index in [1.807, 2.05) is 0 Å². The van der Waals surface area contributed by atoms with Crippen LogP contribution in [0.25, 0.3) is 0 Å². The predicted molar refractivity (Wildman–Crippen MR) is 66.8 cm³/mol. The molecule has 4 N–H and O–H groups in total. The molecular formula is C9H16N3O6P. The normalized spacial score (nSPS) is 15.9. The molecule has 0 aromatic carbocycles. The summed E-state index contributed by atoms with van der Waals surface area (Å²) >= 11 is 0. The molecule has 0 aliphatic carbocycles. The molecule has 1 unspecified atom stereocenters. The van der Waals surface area contributed by atoms with Gasteiger partial charge in [0.15, 0.2) is 0 Å². The highest BCUT2D eigenvalue weighted by molar-refractivity contribution is 7.32. The first-order valence-corrected chi connectivity index (χ1v) is 6.67. The number of nitrogen functional groups attached to an aromatic ring is 1. The van der Waals surface area contributed by atoms with Gasteiger partial charge >= 0.3 is 13.9 Å². The molecule has 0 fully saturated rings. The van der Waals surface area contributed by atoms with Gasteiger partial charge < -0.3 is 25.0 Å². The first-order chi connectivity index (χ1) is 8.93. The molecule has 1 rings (SSSR count). The second kappa shape index (κ2) is 7.37. The van der Waals surface area contributed by atoms with Crippen molar-refractivity contribution in [2.45, 2.75) is 19.3 Å². The number of aliphatic hydroxyl groups excluding tert-OH is 1. The number of aromatic nitrogens is 2. The van der Waals surface area contributed by atoms with Gasteiger partial charge in [-0.15, -0.1) is 0 Å². The van der Waals surface area contributed by atoms with Gasteiger partial charge in [0.2, 0.25) is 0 Å². The molecular weight excluding hydrogens is 277 g/mol. The van der Waals surface area contributed by atoms with E-state index in [0.29, 0.717) is 0 Å². The van der Waals surface area contributed by atoms with Crippen molar-refractivity contribution in [2.24, 2.45) is 0 Å². The SMILES string of the molecule is C[C@@H](O[C@H](CO)CO[PH](=O)O)n1ccc(N)nc1=O. The zero-order chi connectivity index (χ0) is 14.4. The maximum absolute atomic E-state index is 11.5. The van der Waals surface area contributed by atoms with Crippen LogP contribution in [-0.2, 0) is 13.8 Å². The van der Waals surface area contributed by atoms with E-state index in [0.717, 1.165) is 0 Å². The molecule has 0 amide bonds. The van der Waals surface area contributed by atoms with Crippen LogP contribution in [-0.4, -0.2) is 38.9 Å². The van der Waals surface area contributed by atoms with Crippen molar-refractivity contribution in [3.05, 3.63) is 22.7 Å². The fourth-order valence-corrected chi connectivity index (χ4v) is 1.67. The van der Waals surface area contributed by atoms with Gasteiger partial charge in [-0.2, -0.15) is 4.98 Å². The van der Waals surface area contributed by atoms with Crippen molar-refractivity contribution in [2.75, 3.05) is 18.9 Å². The number of nitrogens with zero attached hydrogens (tertiary/aromatic N) is 2. The number of aliphatic hydroxyl groups is 1. The van der Waals surface area contributed by atoms with Gasteiger partial charge in [-0.25, -0.2) is 4.79 Å². The average Bonchev–Trinajstić information content (AvgIpc) is 2.33. The summed E-state index contributed by atoms with van der Waals surface area (Å²) in [6.45, 7) is 0.882. The molecule has 1 aromatic rings. The van der Waals surface area contributed by atoms with E-state index in [9.17, 15) is 9.36 Å². The lowest BCUT2D eigenvalue weighted by atomic mass is 10.4. The molecule has 0 radical (unpaired) electrons. The Morgan fingerprint density at radius 1 is 1.63 bits per heavy atom. The van der Waals surface area contributed by atoms with Crippen molar-refractivity contribution in [3.63, 3.8) is 0 Å². The van der Waals surface area contributed by atoms with Crippen LogP contribution >= 0.6 is 8.25 Å². The van der Waals surface area contributed by atoms with Gasteiger partial charge in [0.1, 0.15) is 18.1 Å². The summed E-state index contributed by atoms with van der Waals surface area (Å²) in [7, 11) is -3.09. The van der Waals surface area contributed by atoms with Gasteiger partial charge in [-0.05, 0) is 13.0 Å². The van der Waals surface area contributed by atoms with Crippen molar-refractivity contribution < 1.29 is 23.8 Å². The van der Waals surface area contributed by atoms with Crippen molar-refractivity contribution in [1.29, 1.82) is 0 Å². The fourth-order valence-electron chi connectivity index (χ4n) is 1.35. The van der Waals surface area contributed by atoms with E-state index in [1.165, 1.54) is 16.8 Å². The molecule has 19 heavy (non-hydrogen) atoms. The number of hydrogen-bond acceptors (Lipinski definition) is 7. The van der Waals surface area contributed by atoms with E-state index in [1.54, 1.807) is 6.92 Å². The Hall–Kier alpha value is -1.25. The summed E-state index contributed by atoms with van der Waals surface area (Å²) in [6, 6.07) is 1.43. The Morgan fingerprint density at radius 2 is 2.32 bits per heavy atom. The molecule has 3 atom stereocenters. The molecule has 1 heterocycles. The number of anilines is 1. The average molecular weight is 293 g/mol. The van der Waals surface area contributed by atoms with Crippen LogP contribution in [0.2, 0.25) is 0 Å². The van der Waals surface area contributed by atoms with Crippen LogP contribution in [0.3, 0.4) is 0 Å². The van der Waals surface area contributed by atoms with E-state index in [-0.39, 0.29) is 12.4 Å². The third-order valence-corrected chi connectivity index (χ3v) is 2.64. The highest BCUT2D eigenvalue weighted by Gasteiger charge is 2.16. The summed E-state index contributed by atoms with van der Waals surface area (Å²) in [5.41, 5.74) is 4.76. The van der Waals surface area contributed by atoms with Crippen molar-refractivity contribution in [1.82, 2.24) is 9.55 Å². The van der Waals surface area contributed by atoms with Crippen LogP contribution in [0.5, 0.6) is 0 Å². The molecule has 0 saturated heterocycles. The molecule has 0 aliphatic heterocycles. The summed E-state index contributed by atoms with van der Waals surface area (Å²) in [5, 5.41) is 9.05. The first-order valence-electron chi connectivity index (χ1n) is 5.40. The van der Waals surface area contributed by atoms with E-state index in [4.69, 9.17) is 20.5 Å². The lowest BCUT2D eigenvalue weighted by Gasteiger charge is -2.21. The molecule has 0 bridgehead atoms. The highest BCUT2D eigenvalue weighted by atomic mass is 31.1. The molecule has 1 aromatic heterocycles. The maximum Gasteiger partial charge on any atom is 0.351 e. The maximum atomic E-state index is 11.5. The number of rotatable bonds is 7. The molecule has 0 spiro atoms. The molecule has 0 saturated carbocycles. The van der Waals surface area contributed by atoms with Crippen LogP contribution < -0.4 is 11.4 Å². The largest absolute Gasteiger partial charge is 0.394 e. The zero-order valence-corrected chi connectivity index (χ0v) is 11.2. The van der Waals surface area contributed by atoms with E-state index >= 15 is 0 Å². The van der Waals surface area contributed by atoms with E-state index < -0.39 is 32.9 Å². The van der Waals surface area contributed by atoms with Gasteiger partial charge in [0.05, 0.1) is 13.2 Å². The lowest BCUT2D eigenvalue weighted by Crippen LogP contribution is -2.32. The van der Waals surface area contributed by atoms with Gasteiger partial charge in [0, 0.05) is 6.20 Å². The fraction of sp³-hybridized carbons (Fsp3) is 0.556. The smallest absolute Gasteiger partial charge is 0.351 e. The molecule has 9 nitrogen and oxygen atoms in total. The topological polar surface area (TPSA) is 137 Å². The lowest BCUT2D eigenvalue weighted by molar-refractivity contribution is -0.0831. The Kier molecular flexibility index (Phi) is 6.13. The van der Waals surface area contributed by atoms with Crippen molar-refractivity contribution >= 4 is 14.1 Å². The first kappa shape index (κ1) is 15.8. The molecule has 108 valence electrons. The third-order valence-electron chi connectivity index (χ3n) is 2.23. The van der Waals surface area contributed by atoms with E-state index in [2.05, 4.69) is 9.51 Å². The molecule has 0 aliphatic rings. The van der Waals surface area contributed by atoms with Gasteiger partial charge in [0.25, 0.3) is 0 Å². The highest BCUT2D eigenvalue weighted by Crippen LogP contribution is 2.17. The quantitative estimate of drug-likeness (QED) is 0.551. The second-order valence-corrected chi connectivity index (χ2v) is 4.48. The van der Waals surface area contributed by atoms with Crippen LogP contribution in [0.1, 0.15) is 13.2 Å². The number of ether oxygens (including phenoxy) is 1. The zero-order valence-electron chi connectivity index (χ0n) is 10.2. The Balaban J connectivity index is 2.68. The number of nitrogens with two attached hydrogens (primary N) is 1. The predicted octanol–water partition coefficient (Wildman–Crippen LogP) is -0.880. The minimum absolute atomic E-state index is 0.0920. The molecule has 10 heteroatoms. The Bertz CT molecular complexity index is 493. The minimum atomic E-state index is -3.09. The number of hydrogen-bond donors (Lipinski definition) is 3.